The van der Waals surface area contributed by atoms with E-state index in [0.717, 1.165) is 4.88 Å². The van der Waals surface area contributed by atoms with Gasteiger partial charge >= 0.3 is 0 Å². The molecule has 0 aliphatic carbocycles. The van der Waals surface area contributed by atoms with Gasteiger partial charge in [-0.15, -0.1) is 11.3 Å². The van der Waals surface area contributed by atoms with Crippen molar-refractivity contribution in [3.63, 3.8) is 0 Å². The van der Waals surface area contributed by atoms with Gasteiger partial charge in [0.15, 0.2) is 0 Å². The molecule has 0 saturated carbocycles. The van der Waals surface area contributed by atoms with E-state index in [9.17, 15) is 9.59 Å². The third-order valence-corrected chi connectivity index (χ3v) is 4.85. The van der Waals surface area contributed by atoms with Gasteiger partial charge in [-0.25, -0.2) is 4.98 Å². The van der Waals surface area contributed by atoms with Crippen molar-refractivity contribution in [1.82, 2.24) is 21.0 Å². The van der Waals surface area contributed by atoms with Gasteiger partial charge in [0.2, 0.25) is 0 Å². The second kappa shape index (κ2) is 7.00. The highest BCUT2D eigenvalue weighted by Gasteiger charge is 2.20. The Bertz CT molecular complexity index is 1120. The first-order valence-electron chi connectivity index (χ1n) is 8.10. The van der Waals surface area contributed by atoms with Gasteiger partial charge in [-0.1, -0.05) is 29.4 Å². The SMILES string of the molecule is Cc1noc2nc(-c3cccs3)cc(C(=O)NNC(=O)c3ccccc3)c12. The second-order valence-corrected chi connectivity index (χ2v) is 6.70. The lowest BCUT2D eigenvalue weighted by atomic mass is 10.1. The highest BCUT2D eigenvalue weighted by Crippen LogP contribution is 2.29. The summed E-state index contributed by atoms with van der Waals surface area (Å²) in [7, 11) is 0. The van der Waals surface area contributed by atoms with Crippen LogP contribution < -0.4 is 10.9 Å². The van der Waals surface area contributed by atoms with Crippen molar-refractivity contribution in [2.45, 2.75) is 6.92 Å². The first kappa shape index (κ1) is 16.9. The number of thiophene rings is 1. The summed E-state index contributed by atoms with van der Waals surface area (Å²) in [4.78, 5) is 30.2. The van der Waals surface area contributed by atoms with Gasteiger partial charge < -0.3 is 4.52 Å². The minimum Gasteiger partial charge on any atom is -0.335 e. The van der Waals surface area contributed by atoms with Crippen LogP contribution in [0.5, 0.6) is 0 Å². The molecule has 4 rings (SSSR count). The van der Waals surface area contributed by atoms with Crippen molar-refractivity contribution >= 4 is 34.3 Å². The Morgan fingerprint density at radius 3 is 2.56 bits per heavy atom. The maximum Gasteiger partial charge on any atom is 0.270 e. The van der Waals surface area contributed by atoms with E-state index in [1.54, 1.807) is 37.3 Å². The minimum atomic E-state index is -0.476. The Labute approximate surface area is 158 Å². The molecule has 0 aliphatic heterocycles. The van der Waals surface area contributed by atoms with E-state index in [1.807, 2.05) is 23.6 Å². The van der Waals surface area contributed by atoms with Gasteiger partial charge in [0.25, 0.3) is 17.5 Å². The van der Waals surface area contributed by atoms with Crippen molar-refractivity contribution in [3.8, 4) is 10.6 Å². The Morgan fingerprint density at radius 1 is 1.04 bits per heavy atom. The molecule has 7 nitrogen and oxygen atoms in total. The first-order valence-corrected chi connectivity index (χ1v) is 8.98. The standard InChI is InChI=1S/C19H14N4O3S/c1-11-16-13(18(25)22-21-17(24)12-6-3-2-4-7-12)10-14(15-8-5-9-27-15)20-19(16)26-23-11/h2-10H,1H3,(H,21,24)(H,22,25). The molecule has 0 atom stereocenters. The monoisotopic (exact) mass is 378 g/mol. The summed E-state index contributed by atoms with van der Waals surface area (Å²) in [5, 5.41) is 6.34. The highest BCUT2D eigenvalue weighted by molar-refractivity contribution is 7.13. The third-order valence-electron chi connectivity index (χ3n) is 3.96. The Hall–Kier alpha value is -3.52. The van der Waals surface area contributed by atoms with Crippen LogP contribution in [-0.2, 0) is 0 Å². The van der Waals surface area contributed by atoms with Crippen molar-refractivity contribution < 1.29 is 14.1 Å². The van der Waals surface area contributed by atoms with Gasteiger partial charge in [0.1, 0.15) is 0 Å². The molecule has 0 bridgehead atoms. The number of hydrogen-bond acceptors (Lipinski definition) is 6. The van der Waals surface area contributed by atoms with Gasteiger partial charge in [-0.2, -0.15) is 0 Å². The second-order valence-electron chi connectivity index (χ2n) is 5.75. The fraction of sp³-hybridized carbons (Fsp3) is 0.0526. The highest BCUT2D eigenvalue weighted by atomic mass is 32.1. The quantitative estimate of drug-likeness (QED) is 0.533. The van der Waals surface area contributed by atoms with Crippen LogP contribution in [0.25, 0.3) is 21.7 Å². The zero-order valence-corrected chi connectivity index (χ0v) is 15.0. The average Bonchev–Trinajstić information content (AvgIpc) is 3.36. The van der Waals surface area contributed by atoms with Crippen molar-refractivity contribution in [1.29, 1.82) is 0 Å². The van der Waals surface area contributed by atoms with Crippen LogP contribution in [0.2, 0.25) is 0 Å². The normalized spacial score (nSPS) is 10.7. The molecule has 1 aromatic carbocycles. The van der Waals surface area contributed by atoms with Crippen LogP contribution in [0.15, 0.2) is 58.4 Å². The molecule has 3 heterocycles. The summed E-state index contributed by atoms with van der Waals surface area (Å²) in [5.74, 6) is -0.884. The first-order chi connectivity index (χ1) is 13.1. The Morgan fingerprint density at radius 2 is 1.81 bits per heavy atom. The maximum atomic E-state index is 12.7. The van der Waals surface area contributed by atoms with Crippen molar-refractivity contribution in [2.75, 3.05) is 0 Å². The number of fused-ring (bicyclic) bond motifs is 1. The molecule has 0 fully saturated rings. The molecule has 0 saturated heterocycles. The van der Waals surface area contributed by atoms with Crippen LogP contribution >= 0.6 is 11.3 Å². The summed E-state index contributed by atoms with van der Waals surface area (Å²) in [6.07, 6.45) is 0. The van der Waals surface area contributed by atoms with Crippen LogP contribution in [0.3, 0.4) is 0 Å². The lowest BCUT2D eigenvalue weighted by Gasteiger charge is -2.09. The molecule has 0 spiro atoms. The number of aryl methyl sites for hydroxylation is 1. The molecule has 3 aromatic heterocycles. The third kappa shape index (κ3) is 3.30. The number of pyridine rings is 1. The lowest BCUT2D eigenvalue weighted by molar-refractivity contribution is 0.0847. The summed E-state index contributed by atoms with van der Waals surface area (Å²) in [5.41, 5.74) is 7.07. The molecular weight excluding hydrogens is 364 g/mol. The smallest absolute Gasteiger partial charge is 0.270 e. The number of hydrogen-bond donors (Lipinski definition) is 2. The van der Waals surface area contributed by atoms with E-state index in [2.05, 4.69) is 21.0 Å². The van der Waals surface area contributed by atoms with E-state index < -0.39 is 11.8 Å². The van der Waals surface area contributed by atoms with Gasteiger partial charge in [-0.05, 0) is 36.6 Å². The van der Waals surface area contributed by atoms with Gasteiger partial charge in [0, 0.05) is 5.56 Å². The van der Waals surface area contributed by atoms with Gasteiger partial charge in [-0.3, -0.25) is 20.4 Å². The fourth-order valence-electron chi connectivity index (χ4n) is 2.67. The molecule has 8 heteroatoms. The van der Waals surface area contributed by atoms with E-state index in [1.165, 1.54) is 11.3 Å². The molecule has 2 N–H and O–H groups in total. The molecular formula is C19H14N4O3S. The van der Waals surface area contributed by atoms with E-state index in [0.29, 0.717) is 27.9 Å². The maximum absolute atomic E-state index is 12.7. The Kier molecular flexibility index (Phi) is 4.39. The van der Waals surface area contributed by atoms with E-state index >= 15 is 0 Å². The number of amides is 2. The predicted octanol–water partition coefficient (Wildman–Crippen LogP) is 3.33. The molecule has 134 valence electrons. The zero-order valence-electron chi connectivity index (χ0n) is 14.2. The van der Waals surface area contributed by atoms with Crippen LogP contribution in [0, 0.1) is 6.92 Å². The number of rotatable bonds is 3. The van der Waals surface area contributed by atoms with Crippen molar-refractivity contribution in [3.05, 3.63) is 70.7 Å². The van der Waals surface area contributed by atoms with E-state index in [4.69, 9.17) is 4.52 Å². The topological polar surface area (TPSA) is 97.1 Å². The molecule has 27 heavy (non-hydrogen) atoms. The molecule has 2 amide bonds. The lowest BCUT2D eigenvalue weighted by Crippen LogP contribution is -2.41. The zero-order chi connectivity index (χ0) is 18.8. The number of benzene rings is 1. The summed E-state index contributed by atoms with van der Waals surface area (Å²) in [6.45, 7) is 1.73. The number of aromatic nitrogens is 2. The number of carbonyl (C=O) groups is 2. The number of hydrazine groups is 1. The Balaban J connectivity index is 1.64. The average molecular weight is 378 g/mol. The van der Waals surface area contributed by atoms with Crippen LogP contribution in [0.4, 0.5) is 0 Å². The molecule has 0 aliphatic rings. The predicted molar refractivity (Wildman–Crippen MR) is 101 cm³/mol. The van der Waals surface area contributed by atoms with Gasteiger partial charge in [0.05, 0.1) is 27.2 Å². The van der Waals surface area contributed by atoms with E-state index in [-0.39, 0.29) is 5.71 Å². The minimum absolute atomic E-state index is 0.276. The molecule has 4 aromatic rings. The largest absolute Gasteiger partial charge is 0.335 e. The fourth-order valence-corrected chi connectivity index (χ4v) is 3.35. The van der Waals surface area contributed by atoms with Crippen LogP contribution in [-0.4, -0.2) is 22.0 Å². The molecule has 0 radical (unpaired) electrons. The molecule has 0 unspecified atom stereocenters. The summed E-state index contributed by atoms with van der Waals surface area (Å²) in [6, 6.07) is 14.1. The number of carbonyl (C=O) groups excluding carboxylic acids is 2. The summed E-state index contributed by atoms with van der Waals surface area (Å²) < 4.78 is 5.25. The van der Waals surface area contributed by atoms with Crippen molar-refractivity contribution in [2.24, 2.45) is 0 Å². The number of nitrogens with zero attached hydrogens (tertiary/aromatic N) is 2. The van der Waals surface area contributed by atoms with Crippen LogP contribution in [0.1, 0.15) is 26.4 Å². The number of nitrogens with one attached hydrogen (secondary N) is 2. The summed E-state index contributed by atoms with van der Waals surface area (Å²) >= 11 is 1.50.